The van der Waals surface area contributed by atoms with Gasteiger partial charge >= 0.3 is 0 Å². The summed E-state index contributed by atoms with van der Waals surface area (Å²) in [4.78, 5) is 4.35. The number of halogens is 1. The summed E-state index contributed by atoms with van der Waals surface area (Å²) < 4.78 is 8.25. The molecule has 3 aromatic rings. The van der Waals surface area contributed by atoms with Crippen molar-refractivity contribution in [1.82, 2.24) is 14.6 Å². The molecule has 0 unspecified atom stereocenters. The highest BCUT2D eigenvalue weighted by atomic mass is 79.9. The Kier molecular flexibility index (Phi) is 3.08. The van der Waals surface area contributed by atoms with Crippen LogP contribution in [-0.4, -0.2) is 14.6 Å². The summed E-state index contributed by atoms with van der Waals surface area (Å²) in [5.41, 5.74) is 7.09. The standard InChI is InChI=1S/C13H11BrN4O/c14-9-2-1-3-11(6-9)19-8-12-16-13-5-4-10(15)7-18(13)17-12/h1-7H,8,15H2. The van der Waals surface area contributed by atoms with Gasteiger partial charge in [0, 0.05) is 4.47 Å². The number of pyridine rings is 1. The summed E-state index contributed by atoms with van der Waals surface area (Å²) in [6, 6.07) is 11.3. The molecule has 6 heteroatoms. The van der Waals surface area contributed by atoms with E-state index in [2.05, 4.69) is 26.0 Å². The normalized spacial score (nSPS) is 10.8. The topological polar surface area (TPSA) is 65.4 Å². The van der Waals surface area contributed by atoms with E-state index in [0.717, 1.165) is 15.9 Å². The van der Waals surface area contributed by atoms with Crippen LogP contribution in [0.25, 0.3) is 5.65 Å². The van der Waals surface area contributed by atoms with E-state index in [1.54, 1.807) is 16.8 Å². The fourth-order valence-corrected chi connectivity index (χ4v) is 2.09. The van der Waals surface area contributed by atoms with E-state index in [-0.39, 0.29) is 0 Å². The second-order valence-corrected chi connectivity index (χ2v) is 4.95. The van der Waals surface area contributed by atoms with Gasteiger partial charge in [0.1, 0.15) is 12.4 Å². The largest absolute Gasteiger partial charge is 0.485 e. The van der Waals surface area contributed by atoms with Gasteiger partial charge in [0.2, 0.25) is 0 Å². The molecule has 96 valence electrons. The van der Waals surface area contributed by atoms with Crippen molar-refractivity contribution in [2.24, 2.45) is 0 Å². The molecule has 1 aromatic carbocycles. The summed E-state index contributed by atoms with van der Waals surface area (Å²) in [6.07, 6.45) is 1.73. The van der Waals surface area contributed by atoms with E-state index in [1.165, 1.54) is 0 Å². The molecule has 0 aliphatic heterocycles. The van der Waals surface area contributed by atoms with E-state index >= 15 is 0 Å². The Morgan fingerprint density at radius 1 is 1.26 bits per heavy atom. The molecule has 0 fully saturated rings. The lowest BCUT2D eigenvalue weighted by atomic mass is 10.3. The summed E-state index contributed by atoms with van der Waals surface area (Å²) in [6.45, 7) is 0.317. The zero-order valence-corrected chi connectivity index (χ0v) is 11.5. The first-order valence-corrected chi connectivity index (χ1v) is 6.49. The minimum absolute atomic E-state index is 0.317. The van der Waals surface area contributed by atoms with Crippen LogP contribution in [-0.2, 0) is 6.61 Å². The first-order chi connectivity index (χ1) is 9.20. The van der Waals surface area contributed by atoms with Gasteiger partial charge in [0.15, 0.2) is 11.5 Å². The lowest BCUT2D eigenvalue weighted by Crippen LogP contribution is -1.98. The molecule has 0 saturated carbocycles. The number of ether oxygens (including phenoxy) is 1. The minimum atomic E-state index is 0.317. The van der Waals surface area contributed by atoms with E-state index in [9.17, 15) is 0 Å². The van der Waals surface area contributed by atoms with Crippen LogP contribution in [0.5, 0.6) is 5.75 Å². The second-order valence-electron chi connectivity index (χ2n) is 4.04. The van der Waals surface area contributed by atoms with Gasteiger partial charge in [-0.2, -0.15) is 0 Å². The van der Waals surface area contributed by atoms with Crippen LogP contribution in [0.3, 0.4) is 0 Å². The molecule has 2 N–H and O–H groups in total. The Bertz CT molecular complexity index is 725. The number of aromatic nitrogens is 3. The molecule has 0 saturated heterocycles. The van der Waals surface area contributed by atoms with Crippen LogP contribution in [0, 0.1) is 0 Å². The molecule has 0 aliphatic rings. The molecule has 0 aliphatic carbocycles. The van der Waals surface area contributed by atoms with Crippen molar-refractivity contribution < 1.29 is 4.74 Å². The van der Waals surface area contributed by atoms with Gasteiger partial charge in [-0.05, 0) is 30.3 Å². The number of hydrogen-bond acceptors (Lipinski definition) is 4. The van der Waals surface area contributed by atoms with Gasteiger partial charge in [0.05, 0.1) is 11.9 Å². The van der Waals surface area contributed by atoms with Crippen molar-refractivity contribution in [3.05, 3.63) is 52.9 Å². The lowest BCUT2D eigenvalue weighted by Gasteiger charge is -2.03. The van der Waals surface area contributed by atoms with Gasteiger partial charge in [0.25, 0.3) is 0 Å². The van der Waals surface area contributed by atoms with Gasteiger partial charge in [-0.25, -0.2) is 9.50 Å². The van der Waals surface area contributed by atoms with Crippen LogP contribution in [0.4, 0.5) is 5.69 Å². The number of benzene rings is 1. The molecule has 3 rings (SSSR count). The Hall–Kier alpha value is -2.08. The third kappa shape index (κ3) is 2.68. The molecule has 19 heavy (non-hydrogen) atoms. The van der Waals surface area contributed by atoms with Gasteiger partial charge in [-0.3, -0.25) is 0 Å². The van der Waals surface area contributed by atoms with Crippen LogP contribution >= 0.6 is 15.9 Å². The highest BCUT2D eigenvalue weighted by Gasteiger charge is 2.04. The van der Waals surface area contributed by atoms with Gasteiger partial charge < -0.3 is 10.5 Å². The van der Waals surface area contributed by atoms with Crippen LogP contribution < -0.4 is 10.5 Å². The Morgan fingerprint density at radius 3 is 3.00 bits per heavy atom. The zero-order chi connectivity index (χ0) is 13.2. The molecule has 0 atom stereocenters. The van der Waals surface area contributed by atoms with Crippen LogP contribution in [0.15, 0.2) is 47.1 Å². The van der Waals surface area contributed by atoms with Crippen molar-refractivity contribution in [3.8, 4) is 5.75 Å². The molecular formula is C13H11BrN4O. The Labute approximate surface area is 118 Å². The predicted molar refractivity (Wildman–Crippen MR) is 75.9 cm³/mol. The minimum Gasteiger partial charge on any atom is -0.485 e. The van der Waals surface area contributed by atoms with Crippen molar-refractivity contribution in [1.29, 1.82) is 0 Å². The maximum Gasteiger partial charge on any atom is 0.189 e. The quantitative estimate of drug-likeness (QED) is 0.806. The maximum absolute atomic E-state index is 5.69. The summed E-state index contributed by atoms with van der Waals surface area (Å²) in [7, 11) is 0. The van der Waals surface area contributed by atoms with E-state index in [4.69, 9.17) is 10.5 Å². The summed E-state index contributed by atoms with van der Waals surface area (Å²) in [5.74, 6) is 1.39. The first-order valence-electron chi connectivity index (χ1n) is 5.70. The number of nitrogens with zero attached hydrogens (tertiary/aromatic N) is 3. The SMILES string of the molecule is Nc1ccc2nc(COc3cccc(Br)c3)nn2c1. The first kappa shape index (κ1) is 12.0. The van der Waals surface area contributed by atoms with Crippen molar-refractivity contribution in [2.45, 2.75) is 6.61 Å². The number of hydrogen-bond donors (Lipinski definition) is 1. The summed E-state index contributed by atoms with van der Waals surface area (Å²) >= 11 is 3.40. The average Bonchev–Trinajstić information content (AvgIpc) is 2.78. The number of fused-ring (bicyclic) bond motifs is 1. The van der Waals surface area contributed by atoms with Crippen molar-refractivity contribution in [2.75, 3.05) is 5.73 Å². The molecule has 0 bridgehead atoms. The Balaban J connectivity index is 1.78. The molecule has 0 amide bonds. The predicted octanol–water partition coefficient (Wildman–Crippen LogP) is 2.65. The summed E-state index contributed by atoms with van der Waals surface area (Å²) in [5, 5.41) is 4.30. The zero-order valence-electron chi connectivity index (χ0n) is 9.95. The fourth-order valence-electron chi connectivity index (χ4n) is 1.71. The fraction of sp³-hybridized carbons (Fsp3) is 0.0769. The number of rotatable bonds is 3. The number of anilines is 1. The number of nitrogens with two attached hydrogens (primary N) is 1. The molecule has 2 aromatic heterocycles. The van der Waals surface area contributed by atoms with Gasteiger partial charge in [-0.15, -0.1) is 5.10 Å². The third-order valence-electron chi connectivity index (χ3n) is 2.56. The molecule has 2 heterocycles. The van der Waals surface area contributed by atoms with Crippen molar-refractivity contribution >= 4 is 27.3 Å². The average molecular weight is 319 g/mol. The van der Waals surface area contributed by atoms with Crippen molar-refractivity contribution in [3.63, 3.8) is 0 Å². The molecular weight excluding hydrogens is 308 g/mol. The molecule has 0 spiro atoms. The Morgan fingerprint density at radius 2 is 2.16 bits per heavy atom. The van der Waals surface area contributed by atoms with E-state index < -0.39 is 0 Å². The highest BCUT2D eigenvalue weighted by Crippen LogP contribution is 2.18. The van der Waals surface area contributed by atoms with E-state index in [0.29, 0.717) is 18.1 Å². The second kappa shape index (κ2) is 4.89. The monoisotopic (exact) mass is 318 g/mol. The smallest absolute Gasteiger partial charge is 0.189 e. The molecule has 5 nitrogen and oxygen atoms in total. The van der Waals surface area contributed by atoms with Crippen LogP contribution in [0.1, 0.15) is 5.82 Å². The maximum atomic E-state index is 5.69. The number of nitrogen functional groups attached to an aromatic ring is 1. The lowest BCUT2D eigenvalue weighted by molar-refractivity contribution is 0.296. The molecule has 0 radical (unpaired) electrons. The highest BCUT2D eigenvalue weighted by molar-refractivity contribution is 9.10. The van der Waals surface area contributed by atoms with Gasteiger partial charge in [-0.1, -0.05) is 22.0 Å². The third-order valence-corrected chi connectivity index (χ3v) is 3.05. The van der Waals surface area contributed by atoms with E-state index in [1.807, 2.05) is 30.3 Å². The van der Waals surface area contributed by atoms with Crippen LogP contribution in [0.2, 0.25) is 0 Å².